The summed E-state index contributed by atoms with van der Waals surface area (Å²) in [5.41, 5.74) is 0.405. The Labute approximate surface area is 229 Å². The maximum Gasteiger partial charge on any atom is 0.264 e. The molecule has 2 amide bonds. The monoisotopic (exact) mass is 555 g/mol. The Balaban J connectivity index is 2.03. The number of rotatable bonds is 12. The number of carbonyl (C=O) groups is 2. The third-order valence-corrected chi connectivity index (χ3v) is 7.89. The van der Waals surface area contributed by atoms with E-state index >= 15 is 0 Å². The predicted molar refractivity (Wildman–Crippen MR) is 148 cm³/mol. The van der Waals surface area contributed by atoms with Crippen molar-refractivity contribution in [2.45, 2.75) is 38.3 Å². The van der Waals surface area contributed by atoms with Gasteiger partial charge in [0.15, 0.2) is 0 Å². The van der Waals surface area contributed by atoms with E-state index in [9.17, 15) is 22.4 Å². The number of carbonyl (C=O) groups excluding carboxylic acids is 2. The van der Waals surface area contributed by atoms with Crippen LogP contribution in [0.1, 0.15) is 26.3 Å². The van der Waals surface area contributed by atoms with Crippen molar-refractivity contribution in [1.29, 1.82) is 0 Å². The minimum absolute atomic E-state index is 0.0102. The fraction of sp³-hybridized carbons (Fsp3) is 0.310. The lowest BCUT2D eigenvalue weighted by atomic mass is 10.1. The molecule has 0 unspecified atom stereocenters. The maximum atomic E-state index is 14.6. The van der Waals surface area contributed by atoms with Crippen molar-refractivity contribution in [1.82, 2.24) is 10.2 Å². The number of hydrogen-bond acceptors (Lipinski definition) is 5. The zero-order valence-electron chi connectivity index (χ0n) is 22.5. The van der Waals surface area contributed by atoms with Crippen LogP contribution in [-0.2, 0) is 26.2 Å². The molecule has 0 saturated heterocycles. The van der Waals surface area contributed by atoms with E-state index in [1.807, 2.05) is 13.8 Å². The van der Waals surface area contributed by atoms with Gasteiger partial charge in [-0.05, 0) is 43.2 Å². The lowest BCUT2D eigenvalue weighted by Gasteiger charge is -2.32. The van der Waals surface area contributed by atoms with Gasteiger partial charge >= 0.3 is 0 Å². The van der Waals surface area contributed by atoms with Crippen LogP contribution in [0.5, 0.6) is 5.75 Å². The fourth-order valence-electron chi connectivity index (χ4n) is 3.86. The second-order valence-corrected chi connectivity index (χ2v) is 11.3. The van der Waals surface area contributed by atoms with Crippen LogP contribution >= 0.6 is 0 Å². The number of benzene rings is 3. The smallest absolute Gasteiger partial charge is 0.264 e. The Kier molecular flexibility index (Phi) is 10.1. The zero-order valence-corrected chi connectivity index (χ0v) is 23.3. The highest BCUT2D eigenvalue weighted by molar-refractivity contribution is 7.92. The highest BCUT2D eigenvalue weighted by Gasteiger charge is 2.33. The number of methoxy groups -OCH3 is 1. The van der Waals surface area contributed by atoms with Crippen molar-refractivity contribution in [3.05, 3.63) is 90.2 Å². The van der Waals surface area contributed by atoms with Gasteiger partial charge < -0.3 is 15.0 Å². The van der Waals surface area contributed by atoms with Crippen molar-refractivity contribution in [2.75, 3.05) is 24.5 Å². The molecule has 0 bridgehead atoms. The quantitative estimate of drug-likeness (QED) is 0.361. The van der Waals surface area contributed by atoms with Gasteiger partial charge in [-0.15, -0.1) is 0 Å². The molecule has 0 aromatic heterocycles. The van der Waals surface area contributed by atoms with Gasteiger partial charge in [0.25, 0.3) is 10.0 Å². The van der Waals surface area contributed by atoms with E-state index in [0.29, 0.717) is 12.3 Å². The van der Waals surface area contributed by atoms with Crippen molar-refractivity contribution in [3.63, 3.8) is 0 Å². The minimum Gasteiger partial charge on any atom is -0.497 e. The largest absolute Gasteiger partial charge is 0.497 e. The molecule has 0 aliphatic rings. The molecule has 3 aromatic rings. The molecular formula is C29H34FN3O5S. The Morgan fingerprint density at radius 1 is 0.949 bits per heavy atom. The normalized spacial score (nSPS) is 12.1. The summed E-state index contributed by atoms with van der Waals surface area (Å²) in [4.78, 5) is 28.0. The highest BCUT2D eigenvalue weighted by Crippen LogP contribution is 2.27. The van der Waals surface area contributed by atoms with Crippen LogP contribution in [0.4, 0.5) is 10.1 Å². The van der Waals surface area contributed by atoms with E-state index in [1.165, 1.54) is 55.3 Å². The molecule has 208 valence electrons. The first-order valence-electron chi connectivity index (χ1n) is 12.6. The van der Waals surface area contributed by atoms with E-state index in [0.717, 1.165) is 4.31 Å². The molecule has 0 aliphatic heterocycles. The lowest BCUT2D eigenvalue weighted by molar-refractivity contribution is -0.139. The summed E-state index contributed by atoms with van der Waals surface area (Å²) < 4.78 is 48.4. The Morgan fingerprint density at radius 2 is 1.62 bits per heavy atom. The van der Waals surface area contributed by atoms with Gasteiger partial charge in [0.2, 0.25) is 11.8 Å². The SMILES string of the molecule is COc1cccc(N(CC(=O)N(Cc2ccccc2F)[C@H](C)C(=O)NCC(C)C)S(=O)(=O)c2ccccc2)c1. The van der Waals surface area contributed by atoms with Crippen LogP contribution in [0.2, 0.25) is 0 Å². The molecule has 0 fully saturated rings. The number of nitrogens with one attached hydrogen (secondary N) is 1. The third kappa shape index (κ3) is 7.57. The summed E-state index contributed by atoms with van der Waals surface area (Å²) in [5.74, 6) is -1.05. The molecule has 0 radical (unpaired) electrons. The molecule has 0 heterocycles. The number of ether oxygens (including phenoxy) is 1. The number of nitrogens with zero attached hydrogens (tertiary/aromatic N) is 2. The molecule has 8 nitrogen and oxygen atoms in total. The Bertz CT molecular complexity index is 1380. The van der Waals surface area contributed by atoms with Gasteiger partial charge in [-0.25, -0.2) is 12.8 Å². The zero-order chi connectivity index (χ0) is 28.6. The standard InChI is InChI=1S/C29H34FN3O5S/c1-21(2)18-31-29(35)22(3)32(19-23-11-8-9-16-27(23)30)28(34)20-33(24-12-10-13-25(17-24)38-4)39(36,37)26-14-6-5-7-15-26/h5-17,21-22H,18-20H2,1-4H3,(H,31,35)/t22-/m1/s1. The summed E-state index contributed by atoms with van der Waals surface area (Å²) in [6.45, 7) is 4.96. The molecule has 3 rings (SSSR count). The van der Waals surface area contributed by atoms with Crippen LogP contribution in [0.25, 0.3) is 0 Å². The van der Waals surface area contributed by atoms with Crippen LogP contribution in [0, 0.1) is 11.7 Å². The first kappa shape index (κ1) is 29.6. The van der Waals surface area contributed by atoms with Crippen LogP contribution in [-0.4, -0.2) is 51.4 Å². The molecule has 1 atom stereocenters. The second kappa shape index (κ2) is 13.2. The van der Waals surface area contributed by atoms with Crippen molar-refractivity contribution in [3.8, 4) is 5.75 Å². The first-order valence-corrected chi connectivity index (χ1v) is 14.0. The average Bonchev–Trinajstić information content (AvgIpc) is 2.94. The van der Waals surface area contributed by atoms with E-state index in [-0.39, 0.29) is 28.6 Å². The Hall–Kier alpha value is -3.92. The fourth-order valence-corrected chi connectivity index (χ4v) is 5.29. The van der Waals surface area contributed by atoms with Gasteiger partial charge in [0.05, 0.1) is 17.7 Å². The molecule has 1 N–H and O–H groups in total. The van der Waals surface area contributed by atoms with Gasteiger partial charge in [-0.3, -0.25) is 13.9 Å². The summed E-state index contributed by atoms with van der Waals surface area (Å²) in [6.07, 6.45) is 0. The van der Waals surface area contributed by atoms with Gasteiger partial charge in [0, 0.05) is 24.7 Å². The molecule has 0 aliphatic carbocycles. The van der Waals surface area contributed by atoms with Crippen molar-refractivity contribution < 1.29 is 27.1 Å². The summed E-state index contributed by atoms with van der Waals surface area (Å²) >= 11 is 0. The number of amides is 2. The number of sulfonamides is 1. The van der Waals surface area contributed by atoms with E-state index in [2.05, 4.69) is 5.32 Å². The van der Waals surface area contributed by atoms with E-state index < -0.39 is 40.2 Å². The van der Waals surface area contributed by atoms with Gasteiger partial charge in [0.1, 0.15) is 24.2 Å². The number of anilines is 1. The summed E-state index contributed by atoms with van der Waals surface area (Å²) in [7, 11) is -2.75. The molecule has 39 heavy (non-hydrogen) atoms. The van der Waals surface area contributed by atoms with E-state index in [4.69, 9.17) is 4.74 Å². The van der Waals surface area contributed by atoms with Crippen LogP contribution in [0.15, 0.2) is 83.8 Å². The number of hydrogen-bond donors (Lipinski definition) is 1. The average molecular weight is 556 g/mol. The van der Waals surface area contributed by atoms with Crippen molar-refractivity contribution >= 4 is 27.5 Å². The van der Waals surface area contributed by atoms with Crippen LogP contribution < -0.4 is 14.4 Å². The van der Waals surface area contributed by atoms with Gasteiger partial charge in [-0.2, -0.15) is 0 Å². The van der Waals surface area contributed by atoms with Crippen LogP contribution in [0.3, 0.4) is 0 Å². The topological polar surface area (TPSA) is 96.0 Å². The summed E-state index contributed by atoms with van der Waals surface area (Å²) in [5, 5.41) is 2.80. The first-order chi connectivity index (χ1) is 18.5. The molecule has 0 spiro atoms. The minimum atomic E-state index is -4.20. The second-order valence-electron chi connectivity index (χ2n) is 9.45. The van der Waals surface area contributed by atoms with Gasteiger partial charge in [-0.1, -0.05) is 56.3 Å². The molecular weight excluding hydrogens is 521 g/mol. The Morgan fingerprint density at radius 3 is 2.26 bits per heavy atom. The molecule has 3 aromatic carbocycles. The summed E-state index contributed by atoms with van der Waals surface area (Å²) in [6, 6.07) is 19.0. The predicted octanol–water partition coefficient (Wildman–Crippen LogP) is 4.22. The number of halogens is 1. The molecule has 0 saturated carbocycles. The maximum absolute atomic E-state index is 14.6. The van der Waals surface area contributed by atoms with Crippen molar-refractivity contribution in [2.24, 2.45) is 5.92 Å². The molecule has 10 heteroatoms. The highest BCUT2D eigenvalue weighted by atomic mass is 32.2. The van der Waals surface area contributed by atoms with E-state index in [1.54, 1.807) is 42.5 Å². The lowest BCUT2D eigenvalue weighted by Crippen LogP contribution is -2.51. The third-order valence-electron chi connectivity index (χ3n) is 6.10.